The summed E-state index contributed by atoms with van der Waals surface area (Å²) in [5, 5.41) is 32.1. The van der Waals surface area contributed by atoms with E-state index in [1.54, 1.807) is 4.72 Å². The first-order valence-corrected chi connectivity index (χ1v) is 6.51. The van der Waals surface area contributed by atoms with Crippen LogP contribution in [0.4, 0.5) is 22.7 Å². The molecule has 1 N–H and O–H groups in total. The minimum absolute atomic E-state index is 0.431. The van der Waals surface area contributed by atoms with Crippen LogP contribution in [-0.2, 0) is 10.0 Å². The number of nitrogens with one attached hydrogen (secondary N) is 1. The molecule has 12 nitrogen and oxygen atoms in total. The van der Waals surface area contributed by atoms with E-state index < -0.39 is 47.5 Å². The summed E-state index contributed by atoms with van der Waals surface area (Å²) in [6, 6.07) is 0.862. The first-order valence-electron chi connectivity index (χ1n) is 4.62. The Bertz CT molecular complexity index is 677. The molecule has 0 radical (unpaired) electrons. The molecule has 1 aromatic rings. The van der Waals surface area contributed by atoms with Gasteiger partial charge >= 0.3 is 11.4 Å². The molecule has 0 aliphatic heterocycles. The lowest BCUT2D eigenvalue weighted by molar-refractivity contribution is -0.401. The van der Waals surface area contributed by atoms with Crippen LogP contribution in [0.15, 0.2) is 12.1 Å². The number of hydrogen-bond acceptors (Lipinski definition) is 8. The van der Waals surface area contributed by atoms with Gasteiger partial charge < -0.3 is 0 Å². The van der Waals surface area contributed by atoms with E-state index in [4.69, 9.17) is 0 Å². The highest BCUT2D eigenvalue weighted by Crippen LogP contribution is 2.38. The van der Waals surface area contributed by atoms with Crippen molar-refractivity contribution in [2.45, 2.75) is 0 Å². The topological polar surface area (TPSA) is 176 Å². The van der Waals surface area contributed by atoms with E-state index in [0.717, 1.165) is 0 Å². The van der Waals surface area contributed by atoms with Gasteiger partial charge in [0.05, 0.1) is 33.2 Å². The second-order valence-electron chi connectivity index (χ2n) is 3.50. The average molecular weight is 306 g/mol. The second kappa shape index (κ2) is 5.04. The maximum absolute atomic E-state index is 11.1. The summed E-state index contributed by atoms with van der Waals surface area (Å²) in [6.07, 6.45) is 0.627. The average Bonchev–Trinajstić information content (AvgIpc) is 2.25. The number of nitro benzene ring substituents is 3. The number of anilines is 1. The summed E-state index contributed by atoms with van der Waals surface area (Å²) < 4.78 is 23.8. The highest BCUT2D eigenvalue weighted by molar-refractivity contribution is 7.92. The molecule has 20 heavy (non-hydrogen) atoms. The Morgan fingerprint density at radius 1 is 0.950 bits per heavy atom. The predicted octanol–water partition coefficient (Wildman–Crippen LogP) is 0.783. The van der Waals surface area contributed by atoms with Crippen molar-refractivity contribution in [3.05, 3.63) is 42.5 Å². The van der Waals surface area contributed by atoms with Crippen molar-refractivity contribution >= 4 is 32.8 Å². The Balaban J connectivity index is 3.72. The molecule has 0 spiro atoms. The van der Waals surface area contributed by atoms with Crippen molar-refractivity contribution < 1.29 is 23.2 Å². The maximum Gasteiger partial charge on any atom is 0.307 e. The number of sulfonamides is 1. The first-order chi connectivity index (χ1) is 9.03. The molecule has 108 valence electrons. The third-order valence-corrected chi connectivity index (χ3v) is 2.55. The molecule has 0 heterocycles. The lowest BCUT2D eigenvalue weighted by atomic mass is 10.2. The number of benzene rings is 1. The van der Waals surface area contributed by atoms with Crippen molar-refractivity contribution in [2.75, 3.05) is 11.0 Å². The molecular formula is C7H6N4O8S. The van der Waals surface area contributed by atoms with Crippen molar-refractivity contribution in [1.29, 1.82) is 0 Å². The van der Waals surface area contributed by atoms with Crippen LogP contribution in [0.3, 0.4) is 0 Å². The Morgan fingerprint density at radius 2 is 1.35 bits per heavy atom. The molecular weight excluding hydrogens is 300 g/mol. The van der Waals surface area contributed by atoms with Crippen molar-refractivity contribution in [3.63, 3.8) is 0 Å². The van der Waals surface area contributed by atoms with Gasteiger partial charge in [0.15, 0.2) is 0 Å². The Kier molecular flexibility index (Phi) is 3.84. The van der Waals surface area contributed by atoms with Gasteiger partial charge in [0.1, 0.15) is 0 Å². The zero-order valence-corrected chi connectivity index (χ0v) is 10.5. The van der Waals surface area contributed by atoms with Crippen LogP contribution in [0.5, 0.6) is 0 Å². The van der Waals surface area contributed by atoms with Crippen molar-refractivity contribution in [3.8, 4) is 0 Å². The zero-order valence-electron chi connectivity index (χ0n) is 9.67. The molecule has 13 heteroatoms. The SMILES string of the molecule is CS(=O)(=O)Nc1c([N+](=O)[O-])cc([N+](=O)[O-])cc1[N+](=O)[O-]. The molecule has 1 rings (SSSR count). The Morgan fingerprint density at radius 3 is 1.60 bits per heavy atom. The van der Waals surface area contributed by atoms with E-state index in [9.17, 15) is 38.8 Å². The van der Waals surface area contributed by atoms with Gasteiger partial charge in [0.2, 0.25) is 15.7 Å². The van der Waals surface area contributed by atoms with Crippen molar-refractivity contribution in [1.82, 2.24) is 0 Å². The fourth-order valence-corrected chi connectivity index (χ4v) is 1.86. The van der Waals surface area contributed by atoms with Crippen LogP contribution in [0, 0.1) is 30.3 Å². The Labute approximate surface area is 110 Å². The summed E-state index contributed by atoms with van der Waals surface area (Å²) in [5.74, 6) is 0. The molecule has 0 fully saturated rings. The van der Waals surface area contributed by atoms with E-state index in [0.29, 0.717) is 18.4 Å². The van der Waals surface area contributed by atoms with Gasteiger partial charge in [0.25, 0.3) is 5.69 Å². The molecule has 0 aromatic heterocycles. The molecule has 0 saturated carbocycles. The quantitative estimate of drug-likeness (QED) is 0.612. The maximum atomic E-state index is 11.1. The van der Waals surface area contributed by atoms with Crippen LogP contribution in [0.2, 0.25) is 0 Å². The lowest BCUT2D eigenvalue weighted by Crippen LogP contribution is -2.13. The molecule has 0 aliphatic rings. The van der Waals surface area contributed by atoms with E-state index in [2.05, 4.69) is 0 Å². The van der Waals surface area contributed by atoms with Gasteiger partial charge in [-0.1, -0.05) is 0 Å². The zero-order chi connectivity index (χ0) is 15.7. The van der Waals surface area contributed by atoms with Crippen LogP contribution in [-0.4, -0.2) is 29.4 Å². The normalized spacial score (nSPS) is 10.8. The van der Waals surface area contributed by atoms with E-state index in [-0.39, 0.29) is 0 Å². The predicted molar refractivity (Wildman–Crippen MR) is 64.9 cm³/mol. The highest BCUT2D eigenvalue weighted by atomic mass is 32.2. The third-order valence-electron chi connectivity index (χ3n) is 1.97. The monoisotopic (exact) mass is 306 g/mol. The van der Waals surface area contributed by atoms with Gasteiger partial charge in [-0.2, -0.15) is 0 Å². The van der Waals surface area contributed by atoms with Crippen LogP contribution < -0.4 is 4.72 Å². The molecule has 0 unspecified atom stereocenters. The van der Waals surface area contributed by atoms with E-state index in [1.807, 2.05) is 0 Å². The van der Waals surface area contributed by atoms with Gasteiger partial charge in [-0.15, -0.1) is 0 Å². The van der Waals surface area contributed by atoms with Gasteiger partial charge in [-0.05, 0) is 0 Å². The summed E-state index contributed by atoms with van der Waals surface area (Å²) >= 11 is 0. The molecule has 0 aliphatic carbocycles. The lowest BCUT2D eigenvalue weighted by Gasteiger charge is -2.05. The molecule has 0 bridgehead atoms. The van der Waals surface area contributed by atoms with Gasteiger partial charge in [0, 0.05) is 0 Å². The Hall–Kier alpha value is -2.83. The second-order valence-corrected chi connectivity index (χ2v) is 5.25. The standard InChI is InChI=1S/C7H6N4O8S/c1-20(18,19)8-7-5(10(14)15)2-4(9(12)13)3-6(7)11(16)17/h2-3,8H,1H3. The minimum Gasteiger partial charge on any atom is -0.272 e. The van der Waals surface area contributed by atoms with Gasteiger partial charge in [-0.3, -0.25) is 35.1 Å². The third kappa shape index (κ3) is 3.35. The number of nitro groups is 3. The van der Waals surface area contributed by atoms with Crippen LogP contribution in [0.1, 0.15) is 0 Å². The molecule has 0 amide bonds. The first kappa shape index (κ1) is 15.2. The molecule has 0 saturated heterocycles. The summed E-state index contributed by atoms with van der Waals surface area (Å²) in [5.41, 5.74) is -4.01. The summed E-state index contributed by atoms with van der Waals surface area (Å²) in [7, 11) is -4.05. The van der Waals surface area contributed by atoms with Crippen molar-refractivity contribution in [2.24, 2.45) is 0 Å². The minimum atomic E-state index is -4.05. The van der Waals surface area contributed by atoms with Crippen LogP contribution >= 0.6 is 0 Å². The smallest absolute Gasteiger partial charge is 0.272 e. The summed E-state index contributed by atoms with van der Waals surface area (Å²) in [6.45, 7) is 0. The number of nitrogens with zero attached hydrogens (tertiary/aromatic N) is 3. The molecule has 1 aromatic carbocycles. The summed E-state index contributed by atoms with van der Waals surface area (Å²) in [4.78, 5) is 28.8. The number of rotatable bonds is 5. The highest BCUT2D eigenvalue weighted by Gasteiger charge is 2.32. The van der Waals surface area contributed by atoms with E-state index >= 15 is 0 Å². The number of hydrogen-bond donors (Lipinski definition) is 1. The fourth-order valence-electron chi connectivity index (χ4n) is 1.28. The fraction of sp³-hybridized carbons (Fsp3) is 0.143. The van der Waals surface area contributed by atoms with Gasteiger partial charge in [-0.25, -0.2) is 8.42 Å². The molecule has 0 atom stereocenters. The van der Waals surface area contributed by atoms with Crippen LogP contribution in [0.25, 0.3) is 0 Å². The van der Waals surface area contributed by atoms with E-state index in [1.165, 1.54) is 0 Å². The number of non-ortho nitro benzene ring substituents is 1. The largest absolute Gasteiger partial charge is 0.307 e.